The molecule has 8 heteroatoms. The lowest BCUT2D eigenvalue weighted by atomic mass is 9.71. The van der Waals surface area contributed by atoms with Crippen LogP contribution in [0.5, 0.6) is 0 Å². The van der Waals surface area contributed by atoms with Crippen molar-refractivity contribution in [3.63, 3.8) is 0 Å². The van der Waals surface area contributed by atoms with Crippen molar-refractivity contribution >= 4 is 115 Å². The van der Waals surface area contributed by atoms with E-state index >= 15 is 0 Å². The highest BCUT2D eigenvalue weighted by molar-refractivity contribution is 6.17. The third-order valence-electron chi connectivity index (χ3n) is 32.3. The van der Waals surface area contributed by atoms with E-state index in [9.17, 15) is 0 Å². The second-order valence-electron chi connectivity index (χ2n) is 40.4. The first-order valence-corrected chi connectivity index (χ1v) is 52.1. The summed E-state index contributed by atoms with van der Waals surface area (Å²) in [5.41, 5.74) is 42.2. The van der Waals surface area contributed by atoms with E-state index in [2.05, 4.69) is 468 Å². The zero-order valence-corrected chi connectivity index (χ0v) is 82.0. The van der Waals surface area contributed by atoms with E-state index in [1.807, 2.05) is 12.1 Å². The normalized spacial score (nSPS) is 13.0. The van der Waals surface area contributed by atoms with E-state index in [0.29, 0.717) is 11.6 Å². The Labute approximate surface area is 844 Å². The Bertz CT molecular complexity index is 9290. The summed E-state index contributed by atoms with van der Waals surface area (Å²) in [6.07, 6.45) is 13.9. The van der Waals surface area contributed by atoms with Gasteiger partial charge in [-0.25, -0.2) is 14.8 Å². The molecular weight excluding hydrogens is 1760 g/mol. The number of unbranched alkanes of at least 4 members (excludes halogenated alkanes) is 4. The van der Waals surface area contributed by atoms with Crippen molar-refractivity contribution in [2.24, 2.45) is 0 Å². The zero-order valence-electron chi connectivity index (χ0n) is 82.0. The monoisotopic (exact) mass is 1860 g/mol. The van der Waals surface area contributed by atoms with Crippen molar-refractivity contribution in [3.8, 4) is 129 Å². The van der Waals surface area contributed by atoms with Gasteiger partial charge in [0.2, 0.25) is 5.95 Å². The van der Waals surface area contributed by atoms with Crippen molar-refractivity contribution in [2.45, 2.75) is 116 Å². The molecule has 2 aliphatic rings. The Morgan fingerprint density at radius 1 is 0.207 bits per heavy atom. The van der Waals surface area contributed by atoms with Gasteiger partial charge < -0.3 is 18.3 Å². The molecule has 0 amide bonds. The fourth-order valence-electron chi connectivity index (χ4n) is 25.5. The zero-order chi connectivity index (χ0) is 96.7. The summed E-state index contributed by atoms with van der Waals surface area (Å²) in [5, 5.41) is 11.7. The van der Waals surface area contributed by atoms with Gasteiger partial charge in [-0.1, -0.05) is 346 Å². The van der Waals surface area contributed by atoms with Gasteiger partial charge in [-0.05, 0) is 284 Å². The van der Waals surface area contributed by atoms with Crippen LogP contribution in [0.25, 0.3) is 243 Å². The number of nitrogens with zero attached hydrogens (tertiary/aromatic N) is 8. The maximum absolute atomic E-state index is 7.68. The lowest BCUT2D eigenvalue weighted by Crippen LogP contribution is -2.25. The largest absolute Gasteiger partial charge is 0.309 e. The number of rotatable bonds is 24. The highest BCUT2D eigenvalue weighted by Gasteiger charge is 2.44. The van der Waals surface area contributed by atoms with Crippen molar-refractivity contribution in [3.05, 3.63) is 458 Å². The van der Waals surface area contributed by atoms with E-state index < -0.39 is 0 Å². The molecule has 694 valence electrons. The molecule has 0 spiro atoms. The minimum Gasteiger partial charge on any atom is -0.309 e. The van der Waals surface area contributed by atoms with Crippen LogP contribution in [0.15, 0.2) is 425 Å². The van der Waals surface area contributed by atoms with Gasteiger partial charge in [0.1, 0.15) is 0 Å². The third kappa shape index (κ3) is 14.0. The predicted molar refractivity (Wildman–Crippen MR) is 609 cm³/mol. The van der Waals surface area contributed by atoms with Crippen LogP contribution < -0.4 is 0 Å². The quantitative estimate of drug-likeness (QED) is 0.0566. The lowest BCUT2D eigenvalue weighted by Gasteiger charge is -2.33. The van der Waals surface area contributed by atoms with E-state index in [0.717, 1.165) is 196 Å². The fourth-order valence-corrected chi connectivity index (χ4v) is 25.5. The minimum absolute atomic E-state index is 0.0543. The molecule has 6 heterocycles. The van der Waals surface area contributed by atoms with Crippen LogP contribution in [0.4, 0.5) is 5.69 Å². The van der Waals surface area contributed by atoms with Crippen LogP contribution in [0.3, 0.4) is 0 Å². The summed E-state index contributed by atoms with van der Waals surface area (Å²) in [5.74, 6) is 0.556. The Morgan fingerprint density at radius 3 is 0.931 bits per heavy atom. The maximum atomic E-state index is 7.68. The Balaban J connectivity index is 0.645. The molecule has 25 aromatic rings. The van der Waals surface area contributed by atoms with Gasteiger partial charge in [-0.2, -0.15) is 0 Å². The number of benzene rings is 19. The van der Waals surface area contributed by atoms with Gasteiger partial charge in [0.15, 0.2) is 5.69 Å². The first-order valence-electron chi connectivity index (χ1n) is 52.1. The molecule has 0 saturated carbocycles. The summed E-state index contributed by atoms with van der Waals surface area (Å²) in [4.78, 5) is 15.7. The minimum atomic E-state index is -0.0543. The van der Waals surface area contributed by atoms with Crippen LogP contribution in [0.2, 0.25) is 0 Å². The molecule has 0 unspecified atom stereocenters. The average Bonchev–Trinajstić information content (AvgIpc) is 1.56. The van der Waals surface area contributed by atoms with E-state index in [4.69, 9.17) is 16.5 Å². The van der Waals surface area contributed by atoms with E-state index in [-0.39, 0.29) is 10.8 Å². The Kier molecular flexibility index (Phi) is 21.1. The third-order valence-corrected chi connectivity index (χ3v) is 32.3. The summed E-state index contributed by atoms with van der Waals surface area (Å²) in [6.45, 7) is 17.1. The van der Waals surface area contributed by atoms with Gasteiger partial charge in [0.25, 0.3) is 0 Å². The standard InChI is InChI=1S/C137H106N8/c1-6-10-73-136(74-11-7-2)119-45-26-20-39-104(119)106-65-62-101(85-121(106)136)143-127-49-30-24-43-110(127)115-81-93(54-69-131(115)143)95-56-71-133-117(83-95)118-84-96(94-55-70-132-116(82-94)111-44-25-31-50-128(111)144(132)102-63-66-107-105-40-21-27-46-120(105)137(75-12-8-3,76-13-9-4)122(107)86-102)57-72-134(118)145(133)135-139-123(87-124(140-135)112-78-90(88-33-16-14-17-34-88)51-64-103(112)89-35-18-15-19-36-89)97-37-32-38-100(77-97)142-126-48-29-23-42-109(126)114-80-92(53-68-130(114)142)91-52-67-129-113(79-91)108-41-22-28-47-125(108)141(129)99-60-58-98(138-5)59-61-99/h14-72,77-87H,6-13,73-76H2,1-4H3. The smallest absolute Gasteiger partial charge is 0.235 e. The molecule has 0 atom stereocenters. The summed E-state index contributed by atoms with van der Waals surface area (Å²) < 4.78 is 12.2. The van der Waals surface area contributed by atoms with Gasteiger partial charge in [0.05, 0.1) is 73.1 Å². The van der Waals surface area contributed by atoms with Crippen molar-refractivity contribution < 1.29 is 0 Å². The summed E-state index contributed by atoms with van der Waals surface area (Å²) in [6, 6.07) is 159. The molecule has 145 heavy (non-hydrogen) atoms. The van der Waals surface area contributed by atoms with Gasteiger partial charge in [0, 0.05) is 98.6 Å². The van der Waals surface area contributed by atoms with Gasteiger partial charge in [-0.15, -0.1) is 0 Å². The summed E-state index contributed by atoms with van der Waals surface area (Å²) in [7, 11) is 0. The lowest BCUT2D eigenvalue weighted by molar-refractivity contribution is 0.414. The molecule has 0 N–H and O–H groups in total. The molecule has 0 bridgehead atoms. The van der Waals surface area contributed by atoms with Gasteiger partial charge >= 0.3 is 0 Å². The maximum Gasteiger partial charge on any atom is 0.235 e. The van der Waals surface area contributed by atoms with Crippen LogP contribution in [0.1, 0.15) is 127 Å². The van der Waals surface area contributed by atoms with Crippen LogP contribution in [-0.4, -0.2) is 32.8 Å². The first-order chi connectivity index (χ1) is 71.6. The Morgan fingerprint density at radius 2 is 0.517 bits per heavy atom. The molecular formula is C137H106N8. The van der Waals surface area contributed by atoms with E-state index in [1.54, 1.807) is 0 Å². The number of para-hydroxylation sites is 4. The second-order valence-corrected chi connectivity index (χ2v) is 40.4. The van der Waals surface area contributed by atoms with Crippen LogP contribution in [0, 0.1) is 6.57 Å². The average molecular weight is 1860 g/mol. The van der Waals surface area contributed by atoms with E-state index in [1.165, 1.54) is 136 Å². The number of hydrogen-bond donors (Lipinski definition) is 0. The molecule has 19 aromatic carbocycles. The number of hydrogen-bond acceptors (Lipinski definition) is 2. The molecule has 6 aromatic heterocycles. The van der Waals surface area contributed by atoms with Crippen LogP contribution >= 0.6 is 0 Å². The first kappa shape index (κ1) is 86.8. The number of aromatic nitrogens is 7. The van der Waals surface area contributed by atoms with Crippen molar-refractivity contribution in [2.75, 3.05) is 0 Å². The van der Waals surface area contributed by atoms with Crippen molar-refractivity contribution in [1.29, 1.82) is 0 Å². The molecule has 0 radical (unpaired) electrons. The Hall–Kier alpha value is -17.3. The highest BCUT2D eigenvalue weighted by atomic mass is 15.2. The number of fused-ring (bicyclic) bond motifs is 21. The fraction of sp³-hybridized carbons (Fsp3) is 0.131. The molecule has 0 saturated heterocycles. The molecule has 0 aliphatic heterocycles. The SMILES string of the molecule is [C-]#[N+]c1ccc(-n2c3ccccc3c3cc(-c4ccc5c(c4)c4ccccc4n5-c4cccc(-c5cc(-c6cc(-c7ccccc7)ccc6-c6ccccc6)nc(-n6c7ccc(-c8ccc9c(c8)c8ccccc8n9-c8ccc9c(c8)C(CCCC)(CCCC)c8ccccc8-9)cc7c7cc(-c8ccc9c(c8)c8ccccc8n9-c8ccc9c(c8)C(CCCC)(CCCC)c8ccccc8-9)ccc76)n5)c4)ccc32)cc1. The molecule has 0 fully saturated rings. The van der Waals surface area contributed by atoms with Gasteiger partial charge in [-0.3, -0.25) is 4.57 Å². The molecule has 8 nitrogen and oxygen atoms in total. The van der Waals surface area contributed by atoms with Crippen molar-refractivity contribution in [1.82, 2.24) is 32.8 Å². The predicted octanol–water partition coefficient (Wildman–Crippen LogP) is 37.5. The topological polar surface area (TPSA) is 54.8 Å². The molecule has 27 rings (SSSR count). The molecule has 2 aliphatic carbocycles. The highest BCUT2D eigenvalue weighted by Crippen LogP contribution is 2.58. The van der Waals surface area contributed by atoms with Crippen LogP contribution in [-0.2, 0) is 10.8 Å². The second kappa shape index (κ2) is 35.2. The summed E-state index contributed by atoms with van der Waals surface area (Å²) >= 11 is 0.